The van der Waals surface area contributed by atoms with Gasteiger partial charge in [-0.15, -0.1) is 6.58 Å². The Morgan fingerprint density at radius 2 is 1.97 bits per heavy atom. The third kappa shape index (κ3) is 5.09. The number of imidazole rings is 1. The maximum Gasteiger partial charge on any atom is 0.259 e. The monoisotopic (exact) mass is 524 g/mol. The summed E-state index contributed by atoms with van der Waals surface area (Å²) in [5.41, 5.74) is 7.96. The Bertz CT molecular complexity index is 1260. The van der Waals surface area contributed by atoms with E-state index >= 15 is 0 Å². The van der Waals surface area contributed by atoms with Crippen LogP contribution >= 0.6 is 0 Å². The minimum Gasteiger partial charge on any atom is -0.408 e. The van der Waals surface area contributed by atoms with Gasteiger partial charge in [0.25, 0.3) is 5.91 Å². The number of aliphatic hydroxyl groups excluding tert-OH is 1. The summed E-state index contributed by atoms with van der Waals surface area (Å²) >= 11 is 0. The van der Waals surface area contributed by atoms with Crippen molar-refractivity contribution < 1.29 is 19.1 Å². The standard InChI is InChI=1S/C26H36N6O4Si/c1-7-13-31(24(34)17-11-9-8-10-12-17)22-20-23(29-15-28-22)32(16-30-20)25-21(19(27)18(14-33)35-25)36-37(5,6)26(2,3)4/h7-12,15-16,18-19,21,25,33H,1,13-14,27H2,2-6H3/t18-,19-,21-,25-/m1/s1. The molecule has 1 fully saturated rings. The number of aliphatic hydroxyl groups is 1. The van der Waals surface area contributed by atoms with Gasteiger partial charge in [-0.3, -0.25) is 14.3 Å². The minimum absolute atomic E-state index is 0.0517. The number of fused-ring (bicyclic) bond motifs is 1. The third-order valence-corrected chi connectivity index (χ3v) is 11.7. The Morgan fingerprint density at radius 3 is 2.59 bits per heavy atom. The average Bonchev–Trinajstić information content (AvgIpc) is 3.42. The molecule has 3 N–H and O–H groups in total. The molecule has 0 spiro atoms. The van der Waals surface area contributed by atoms with Crippen molar-refractivity contribution in [3.63, 3.8) is 0 Å². The van der Waals surface area contributed by atoms with Gasteiger partial charge in [-0.1, -0.05) is 45.0 Å². The number of rotatable bonds is 8. The van der Waals surface area contributed by atoms with E-state index in [2.05, 4.69) is 55.4 Å². The molecule has 0 aliphatic carbocycles. The SMILES string of the molecule is C=CCN(C(=O)c1ccccc1)c1ncnc2c1ncn2[C@@H]1O[C@H](CO)[C@@H](N)[C@H]1O[Si](C)(C)C(C)(C)C. The van der Waals surface area contributed by atoms with E-state index in [0.29, 0.717) is 22.5 Å². The lowest BCUT2D eigenvalue weighted by Gasteiger charge is -2.40. The number of aromatic nitrogens is 4. The third-order valence-electron chi connectivity index (χ3n) is 7.27. The molecular formula is C26H36N6O4Si. The molecule has 3 heterocycles. The molecule has 0 saturated carbocycles. The van der Waals surface area contributed by atoms with Crippen LogP contribution in [-0.2, 0) is 9.16 Å². The average molecular weight is 525 g/mol. The van der Waals surface area contributed by atoms with Gasteiger partial charge in [-0.2, -0.15) is 0 Å². The zero-order valence-corrected chi connectivity index (χ0v) is 23.0. The number of carbonyl (C=O) groups excluding carboxylic acids is 1. The van der Waals surface area contributed by atoms with Crippen LogP contribution in [0.3, 0.4) is 0 Å². The van der Waals surface area contributed by atoms with Gasteiger partial charge in [-0.05, 0) is 30.3 Å². The second kappa shape index (κ2) is 10.4. The first-order valence-corrected chi connectivity index (χ1v) is 15.3. The van der Waals surface area contributed by atoms with Crippen molar-refractivity contribution in [1.82, 2.24) is 19.5 Å². The fourth-order valence-corrected chi connectivity index (χ4v) is 5.45. The van der Waals surface area contributed by atoms with Crippen LogP contribution < -0.4 is 10.6 Å². The first-order chi connectivity index (χ1) is 17.5. The number of hydrogen-bond acceptors (Lipinski definition) is 8. The van der Waals surface area contributed by atoms with E-state index < -0.39 is 32.8 Å². The van der Waals surface area contributed by atoms with Crippen molar-refractivity contribution >= 4 is 31.2 Å². The maximum atomic E-state index is 13.4. The Labute approximate surface area is 218 Å². The zero-order valence-electron chi connectivity index (χ0n) is 22.0. The molecular weight excluding hydrogens is 488 g/mol. The van der Waals surface area contributed by atoms with Crippen molar-refractivity contribution in [3.8, 4) is 0 Å². The Kier molecular flexibility index (Phi) is 7.63. The van der Waals surface area contributed by atoms with Crippen LogP contribution in [0.2, 0.25) is 18.1 Å². The fraction of sp³-hybridized carbons (Fsp3) is 0.462. The van der Waals surface area contributed by atoms with Crippen LogP contribution in [0, 0.1) is 0 Å². The fourth-order valence-electron chi connectivity index (χ4n) is 4.15. The summed E-state index contributed by atoms with van der Waals surface area (Å²) in [6.45, 7) is 14.6. The second-order valence-corrected chi connectivity index (χ2v) is 15.5. The summed E-state index contributed by atoms with van der Waals surface area (Å²) in [6.07, 6.45) is 2.85. The summed E-state index contributed by atoms with van der Waals surface area (Å²) in [6, 6.07) is 8.43. The topological polar surface area (TPSA) is 129 Å². The molecule has 3 aromatic rings. The summed E-state index contributed by atoms with van der Waals surface area (Å²) in [5, 5.41) is 9.88. The van der Waals surface area contributed by atoms with Crippen LogP contribution in [0.4, 0.5) is 5.82 Å². The van der Waals surface area contributed by atoms with E-state index in [1.807, 2.05) is 18.2 Å². The molecule has 1 saturated heterocycles. The highest BCUT2D eigenvalue weighted by Gasteiger charge is 2.49. The molecule has 1 aliphatic rings. The Balaban J connectivity index is 1.76. The van der Waals surface area contributed by atoms with Gasteiger partial charge >= 0.3 is 0 Å². The molecule has 10 nitrogen and oxygen atoms in total. The lowest BCUT2D eigenvalue weighted by molar-refractivity contribution is -0.0462. The first kappa shape index (κ1) is 27.1. The van der Waals surface area contributed by atoms with Gasteiger partial charge in [0.05, 0.1) is 19.0 Å². The number of ether oxygens (including phenoxy) is 1. The molecule has 1 aliphatic heterocycles. The normalized spacial score (nSPS) is 22.4. The Morgan fingerprint density at radius 1 is 1.27 bits per heavy atom. The van der Waals surface area contributed by atoms with Gasteiger partial charge < -0.3 is 20.0 Å². The minimum atomic E-state index is -2.24. The van der Waals surface area contributed by atoms with Crippen LogP contribution in [-0.4, -0.2) is 70.3 Å². The van der Waals surface area contributed by atoms with Crippen molar-refractivity contribution in [1.29, 1.82) is 0 Å². The van der Waals surface area contributed by atoms with Gasteiger partial charge in [0, 0.05) is 12.1 Å². The molecule has 11 heteroatoms. The number of anilines is 1. The van der Waals surface area contributed by atoms with E-state index in [-0.39, 0.29) is 24.1 Å². The van der Waals surface area contributed by atoms with Gasteiger partial charge in [-0.25, -0.2) is 15.0 Å². The molecule has 1 aromatic carbocycles. The summed E-state index contributed by atoms with van der Waals surface area (Å²) in [4.78, 5) is 28.4. The number of benzene rings is 1. The maximum absolute atomic E-state index is 13.4. The number of carbonyl (C=O) groups is 1. The highest BCUT2D eigenvalue weighted by molar-refractivity contribution is 6.74. The van der Waals surface area contributed by atoms with Gasteiger partial charge in [0.15, 0.2) is 31.5 Å². The smallest absolute Gasteiger partial charge is 0.259 e. The van der Waals surface area contributed by atoms with Crippen LogP contribution in [0.1, 0.15) is 37.4 Å². The highest BCUT2D eigenvalue weighted by Crippen LogP contribution is 2.42. The highest BCUT2D eigenvalue weighted by atomic mass is 28.4. The van der Waals surface area contributed by atoms with Crippen molar-refractivity contribution in [2.45, 2.75) is 63.4 Å². The second-order valence-electron chi connectivity index (χ2n) is 10.8. The number of nitrogens with zero attached hydrogens (tertiary/aromatic N) is 5. The molecule has 0 radical (unpaired) electrons. The lowest BCUT2D eigenvalue weighted by Crippen LogP contribution is -2.51. The number of hydrogen-bond donors (Lipinski definition) is 2. The number of amides is 1. The molecule has 4 atom stereocenters. The molecule has 0 bridgehead atoms. The van der Waals surface area contributed by atoms with Crippen molar-refractivity contribution in [2.75, 3.05) is 18.1 Å². The zero-order chi connectivity index (χ0) is 27.0. The molecule has 1 amide bonds. The van der Waals surface area contributed by atoms with Crippen LogP contribution in [0.5, 0.6) is 0 Å². The Hall–Kier alpha value is -2.96. The van der Waals surface area contributed by atoms with E-state index in [1.165, 1.54) is 11.2 Å². The van der Waals surface area contributed by atoms with E-state index in [9.17, 15) is 9.90 Å². The summed E-state index contributed by atoms with van der Waals surface area (Å²) in [5.74, 6) is 0.133. The molecule has 2 aromatic heterocycles. The van der Waals surface area contributed by atoms with E-state index in [0.717, 1.165) is 0 Å². The first-order valence-electron chi connectivity index (χ1n) is 12.3. The van der Waals surface area contributed by atoms with Crippen LogP contribution in [0.15, 0.2) is 55.6 Å². The van der Waals surface area contributed by atoms with E-state index in [4.69, 9.17) is 14.9 Å². The summed E-state index contributed by atoms with van der Waals surface area (Å²) < 4.78 is 14.7. The lowest BCUT2D eigenvalue weighted by atomic mass is 10.1. The van der Waals surface area contributed by atoms with Crippen molar-refractivity contribution in [3.05, 3.63) is 61.2 Å². The van der Waals surface area contributed by atoms with Gasteiger partial charge in [0.2, 0.25) is 0 Å². The molecule has 0 unspecified atom stereocenters. The predicted octanol–water partition coefficient (Wildman–Crippen LogP) is 3.27. The molecule has 198 valence electrons. The van der Waals surface area contributed by atoms with E-state index in [1.54, 1.807) is 29.1 Å². The number of nitrogens with two attached hydrogens (primary N) is 1. The van der Waals surface area contributed by atoms with Gasteiger partial charge in [0.1, 0.15) is 18.5 Å². The predicted molar refractivity (Wildman–Crippen MR) is 145 cm³/mol. The van der Waals surface area contributed by atoms with Crippen LogP contribution in [0.25, 0.3) is 11.2 Å². The van der Waals surface area contributed by atoms with Crippen molar-refractivity contribution in [2.24, 2.45) is 5.73 Å². The molecule has 37 heavy (non-hydrogen) atoms. The molecule has 4 rings (SSSR count). The summed E-state index contributed by atoms with van der Waals surface area (Å²) in [7, 11) is -2.24. The quantitative estimate of drug-likeness (QED) is 0.339. The largest absolute Gasteiger partial charge is 0.408 e.